The third-order valence-electron chi connectivity index (χ3n) is 3.75. The van der Waals surface area contributed by atoms with Crippen LogP contribution in [-0.4, -0.2) is 15.3 Å². The molecular formula is C18H15N3OS2. The van der Waals surface area contributed by atoms with E-state index in [1.54, 1.807) is 22.7 Å². The molecule has 0 radical (unpaired) electrons. The summed E-state index contributed by atoms with van der Waals surface area (Å²) in [7, 11) is 0. The first-order chi connectivity index (χ1) is 11.8. The topological polar surface area (TPSA) is 46.4 Å². The number of carbonyl (C=O) groups is 1. The minimum absolute atomic E-state index is 0.0250. The van der Waals surface area contributed by atoms with E-state index in [0.29, 0.717) is 0 Å². The Hall–Kier alpha value is -2.44. The van der Waals surface area contributed by atoms with Crippen LogP contribution >= 0.6 is 22.7 Å². The number of nitrogens with one attached hydrogen (secondary N) is 1. The number of hydrogen-bond donors (Lipinski definition) is 1. The fraction of sp³-hybridized carbons (Fsp3) is 0.111. The summed E-state index contributed by atoms with van der Waals surface area (Å²) in [6.07, 6.45) is 4.14. The molecule has 3 aromatic heterocycles. The van der Waals surface area contributed by atoms with Gasteiger partial charge in [0.25, 0.3) is 0 Å². The number of thiazole rings is 1. The zero-order valence-electron chi connectivity index (χ0n) is 12.8. The molecule has 24 heavy (non-hydrogen) atoms. The van der Waals surface area contributed by atoms with Gasteiger partial charge in [-0.05, 0) is 17.0 Å². The summed E-state index contributed by atoms with van der Waals surface area (Å²) in [6.45, 7) is 0. The molecular weight excluding hydrogens is 338 g/mol. The van der Waals surface area contributed by atoms with Crippen molar-refractivity contribution in [2.45, 2.75) is 12.5 Å². The Kier molecular flexibility index (Phi) is 4.15. The molecule has 0 saturated heterocycles. The minimum atomic E-state index is -0.123. The smallest absolute Gasteiger partial charge is 0.226 e. The van der Waals surface area contributed by atoms with Gasteiger partial charge < -0.3 is 5.32 Å². The number of imidazole rings is 1. The number of rotatable bonds is 5. The summed E-state index contributed by atoms with van der Waals surface area (Å²) in [5.41, 5.74) is 1.87. The quantitative estimate of drug-likeness (QED) is 0.591. The summed E-state index contributed by atoms with van der Waals surface area (Å²) in [5.74, 6) is -0.0250. The second-order valence-corrected chi connectivity index (χ2v) is 7.28. The van der Waals surface area contributed by atoms with Gasteiger partial charge in [0.05, 0.1) is 18.2 Å². The Bertz CT molecular complexity index is 913. The molecule has 4 nitrogen and oxygen atoms in total. The number of thiophene rings is 1. The molecule has 3 heterocycles. The summed E-state index contributed by atoms with van der Waals surface area (Å²) in [5, 5.41) is 7.16. The maximum absolute atomic E-state index is 12.5. The van der Waals surface area contributed by atoms with Crippen molar-refractivity contribution in [3.05, 3.63) is 81.8 Å². The van der Waals surface area contributed by atoms with E-state index in [1.807, 2.05) is 64.0 Å². The van der Waals surface area contributed by atoms with Gasteiger partial charge in [0.15, 0.2) is 4.96 Å². The highest BCUT2D eigenvalue weighted by molar-refractivity contribution is 7.15. The molecule has 4 rings (SSSR count). The predicted molar refractivity (Wildman–Crippen MR) is 97.5 cm³/mol. The van der Waals surface area contributed by atoms with Crippen LogP contribution in [0.25, 0.3) is 4.96 Å². The predicted octanol–water partition coefficient (Wildman–Crippen LogP) is 3.91. The van der Waals surface area contributed by atoms with Crippen LogP contribution in [0.5, 0.6) is 0 Å². The lowest BCUT2D eigenvalue weighted by atomic mass is 10.1. The van der Waals surface area contributed by atoms with E-state index in [1.165, 1.54) is 0 Å². The molecule has 0 fully saturated rings. The summed E-state index contributed by atoms with van der Waals surface area (Å²) < 4.78 is 1.95. The largest absolute Gasteiger partial charge is 0.344 e. The van der Waals surface area contributed by atoms with Crippen LogP contribution < -0.4 is 5.32 Å². The van der Waals surface area contributed by atoms with Crippen molar-refractivity contribution in [1.29, 1.82) is 0 Å². The molecule has 1 atom stereocenters. The average Bonchev–Trinajstić information content (AvgIpc) is 3.30. The number of benzene rings is 1. The van der Waals surface area contributed by atoms with Gasteiger partial charge >= 0.3 is 0 Å². The molecule has 1 N–H and O–H groups in total. The number of amides is 1. The molecule has 0 aliphatic carbocycles. The number of aromatic nitrogens is 2. The molecule has 6 heteroatoms. The van der Waals surface area contributed by atoms with Gasteiger partial charge in [-0.25, -0.2) is 4.98 Å². The van der Waals surface area contributed by atoms with Gasteiger partial charge in [-0.1, -0.05) is 36.4 Å². The van der Waals surface area contributed by atoms with Crippen LogP contribution in [0.15, 0.2) is 65.6 Å². The molecule has 0 bridgehead atoms. The molecule has 0 unspecified atom stereocenters. The second-order valence-electron chi connectivity index (χ2n) is 5.43. The lowest BCUT2D eigenvalue weighted by Crippen LogP contribution is -2.30. The summed E-state index contributed by atoms with van der Waals surface area (Å²) >= 11 is 3.21. The standard InChI is InChI=1S/C18H15N3OS2/c22-16(11-14-12-21-8-10-24-18(21)19-14)20-17(15-7-4-9-23-15)13-5-2-1-3-6-13/h1-10,12,17H,11H2,(H,20,22)/t17-/m0/s1. The van der Waals surface area contributed by atoms with E-state index >= 15 is 0 Å². The number of fused-ring (bicyclic) bond motifs is 1. The minimum Gasteiger partial charge on any atom is -0.344 e. The molecule has 4 aromatic rings. The number of nitrogens with zero attached hydrogens (tertiary/aromatic N) is 2. The van der Waals surface area contributed by atoms with Gasteiger partial charge in [0, 0.05) is 22.7 Å². The number of carbonyl (C=O) groups excluding carboxylic acids is 1. The Labute approximate surface area is 147 Å². The van der Waals surface area contributed by atoms with E-state index < -0.39 is 0 Å². The van der Waals surface area contributed by atoms with Crippen molar-refractivity contribution in [1.82, 2.24) is 14.7 Å². The van der Waals surface area contributed by atoms with Gasteiger partial charge in [0.1, 0.15) is 0 Å². The second kappa shape index (κ2) is 6.59. The highest BCUT2D eigenvalue weighted by Gasteiger charge is 2.18. The molecule has 0 spiro atoms. The summed E-state index contributed by atoms with van der Waals surface area (Å²) in [6, 6.07) is 14.0. The lowest BCUT2D eigenvalue weighted by Gasteiger charge is -2.17. The first kappa shape index (κ1) is 15.1. The van der Waals surface area contributed by atoms with Crippen molar-refractivity contribution >= 4 is 33.5 Å². The van der Waals surface area contributed by atoms with Crippen molar-refractivity contribution in [3.63, 3.8) is 0 Å². The Balaban J connectivity index is 1.53. The van der Waals surface area contributed by atoms with Crippen LogP contribution in [0.1, 0.15) is 22.2 Å². The first-order valence-electron chi connectivity index (χ1n) is 7.58. The van der Waals surface area contributed by atoms with Crippen LogP contribution in [0, 0.1) is 0 Å². The van der Waals surface area contributed by atoms with Crippen molar-refractivity contribution < 1.29 is 4.79 Å². The third kappa shape index (κ3) is 3.11. The molecule has 0 saturated carbocycles. The zero-order chi connectivity index (χ0) is 16.4. The maximum atomic E-state index is 12.5. The van der Waals surface area contributed by atoms with Crippen LogP contribution in [0.2, 0.25) is 0 Å². The van der Waals surface area contributed by atoms with Crippen LogP contribution in [0.4, 0.5) is 0 Å². The van der Waals surface area contributed by atoms with Crippen molar-refractivity contribution in [2.75, 3.05) is 0 Å². The zero-order valence-corrected chi connectivity index (χ0v) is 14.4. The van der Waals surface area contributed by atoms with Gasteiger partial charge in [-0.15, -0.1) is 22.7 Å². The fourth-order valence-electron chi connectivity index (χ4n) is 2.66. The molecule has 0 aliphatic rings. The average molecular weight is 353 g/mol. The van der Waals surface area contributed by atoms with E-state index in [9.17, 15) is 4.79 Å². The molecule has 1 aromatic carbocycles. The maximum Gasteiger partial charge on any atom is 0.226 e. The highest BCUT2D eigenvalue weighted by atomic mass is 32.1. The number of hydrogen-bond acceptors (Lipinski definition) is 4. The van der Waals surface area contributed by atoms with E-state index in [2.05, 4.69) is 16.4 Å². The Morgan fingerprint density at radius 2 is 2.00 bits per heavy atom. The molecule has 1 amide bonds. The van der Waals surface area contributed by atoms with E-state index in [-0.39, 0.29) is 18.4 Å². The van der Waals surface area contributed by atoms with E-state index in [4.69, 9.17) is 0 Å². The third-order valence-corrected chi connectivity index (χ3v) is 5.46. The normalized spacial score (nSPS) is 12.3. The monoisotopic (exact) mass is 353 g/mol. The van der Waals surface area contributed by atoms with Crippen LogP contribution in [0.3, 0.4) is 0 Å². The molecule has 0 aliphatic heterocycles. The lowest BCUT2D eigenvalue weighted by molar-refractivity contribution is -0.121. The SMILES string of the molecule is O=C(Cc1cn2ccsc2n1)N[C@@H](c1ccccc1)c1cccs1. The fourth-order valence-corrected chi connectivity index (χ4v) is 4.18. The Morgan fingerprint density at radius 1 is 1.12 bits per heavy atom. The van der Waals surface area contributed by atoms with Gasteiger partial charge in [-0.2, -0.15) is 0 Å². The Morgan fingerprint density at radius 3 is 2.75 bits per heavy atom. The van der Waals surface area contributed by atoms with Gasteiger partial charge in [0.2, 0.25) is 5.91 Å². The van der Waals surface area contributed by atoms with Crippen LogP contribution in [-0.2, 0) is 11.2 Å². The summed E-state index contributed by atoms with van der Waals surface area (Å²) in [4.78, 5) is 19.1. The van der Waals surface area contributed by atoms with Gasteiger partial charge in [-0.3, -0.25) is 9.20 Å². The first-order valence-corrected chi connectivity index (χ1v) is 9.34. The van der Waals surface area contributed by atoms with Crippen molar-refractivity contribution in [3.8, 4) is 0 Å². The molecule has 120 valence electrons. The van der Waals surface area contributed by atoms with E-state index in [0.717, 1.165) is 21.1 Å². The van der Waals surface area contributed by atoms with Crippen molar-refractivity contribution in [2.24, 2.45) is 0 Å². The highest BCUT2D eigenvalue weighted by Crippen LogP contribution is 2.26.